The van der Waals surface area contributed by atoms with E-state index in [0.717, 1.165) is 16.7 Å². The highest BCUT2D eigenvalue weighted by atomic mass is 16.5. The number of ether oxygens (including phenoxy) is 1. The molecular weight excluding hydrogens is 340 g/mol. The zero-order valence-electron chi connectivity index (χ0n) is 15.0. The third-order valence-corrected chi connectivity index (χ3v) is 4.10. The molecule has 2 heterocycles. The zero-order valence-corrected chi connectivity index (χ0v) is 15.0. The van der Waals surface area contributed by atoms with Gasteiger partial charge in [0.05, 0.1) is 11.0 Å². The lowest BCUT2D eigenvalue weighted by Gasteiger charge is -2.11. The second kappa shape index (κ2) is 6.92. The van der Waals surface area contributed by atoms with E-state index in [1.165, 1.54) is 0 Å². The number of fused-ring (bicyclic) bond motifs is 1. The molecule has 6 heteroatoms. The zero-order chi connectivity index (χ0) is 18.8. The van der Waals surface area contributed by atoms with Crippen molar-refractivity contribution < 1.29 is 9.53 Å². The van der Waals surface area contributed by atoms with Crippen molar-refractivity contribution in [2.45, 2.75) is 0 Å². The maximum atomic E-state index is 11.9. The number of amides is 1. The van der Waals surface area contributed by atoms with Crippen LogP contribution in [0.4, 0.5) is 0 Å². The van der Waals surface area contributed by atoms with Gasteiger partial charge in [0.2, 0.25) is 0 Å². The summed E-state index contributed by atoms with van der Waals surface area (Å²) in [4.78, 5) is 25.6. The summed E-state index contributed by atoms with van der Waals surface area (Å²) < 4.78 is 5.91. The number of nitrogens with zero attached hydrogens (tertiary/aromatic N) is 3. The molecule has 4 rings (SSSR count). The van der Waals surface area contributed by atoms with Gasteiger partial charge in [-0.2, -0.15) is 0 Å². The van der Waals surface area contributed by atoms with Gasteiger partial charge in [0, 0.05) is 31.9 Å². The SMILES string of the molecule is CN(C)C(=O)c1ccc(Oc2ccc3nc(-c4ccccn4)[nH]c3c2)cc1. The van der Waals surface area contributed by atoms with Crippen LogP contribution < -0.4 is 4.74 Å². The fourth-order valence-electron chi connectivity index (χ4n) is 2.74. The van der Waals surface area contributed by atoms with Crippen molar-refractivity contribution in [2.75, 3.05) is 14.1 Å². The summed E-state index contributed by atoms with van der Waals surface area (Å²) in [5, 5.41) is 0. The van der Waals surface area contributed by atoms with Gasteiger partial charge >= 0.3 is 0 Å². The molecule has 2 aromatic carbocycles. The van der Waals surface area contributed by atoms with Crippen LogP contribution >= 0.6 is 0 Å². The van der Waals surface area contributed by atoms with Crippen LogP contribution in [0.15, 0.2) is 66.9 Å². The summed E-state index contributed by atoms with van der Waals surface area (Å²) in [6, 6.07) is 18.4. The normalized spacial score (nSPS) is 10.7. The number of aromatic nitrogens is 3. The van der Waals surface area contributed by atoms with E-state index < -0.39 is 0 Å². The van der Waals surface area contributed by atoms with Gasteiger partial charge in [-0.05, 0) is 48.5 Å². The first-order chi connectivity index (χ1) is 13.1. The Labute approximate surface area is 156 Å². The highest BCUT2D eigenvalue weighted by molar-refractivity contribution is 5.94. The minimum Gasteiger partial charge on any atom is -0.457 e. The molecular formula is C21H18N4O2. The molecule has 0 saturated carbocycles. The van der Waals surface area contributed by atoms with Gasteiger partial charge in [-0.25, -0.2) is 4.98 Å². The molecule has 27 heavy (non-hydrogen) atoms. The standard InChI is InChI=1S/C21H18N4O2/c1-25(2)21(26)14-6-8-15(9-7-14)27-16-10-11-17-19(13-16)24-20(23-17)18-5-3-4-12-22-18/h3-13H,1-2H3,(H,23,24). The molecule has 1 amide bonds. The van der Waals surface area contributed by atoms with Crippen molar-refractivity contribution in [2.24, 2.45) is 0 Å². The molecule has 2 aromatic heterocycles. The van der Waals surface area contributed by atoms with Gasteiger partial charge in [-0.15, -0.1) is 0 Å². The van der Waals surface area contributed by atoms with Crippen LogP contribution in [0.1, 0.15) is 10.4 Å². The fourth-order valence-corrected chi connectivity index (χ4v) is 2.74. The van der Waals surface area contributed by atoms with E-state index in [1.807, 2.05) is 36.4 Å². The van der Waals surface area contributed by atoms with E-state index in [4.69, 9.17) is 4.74 Å². The number of H-pyrrole nitrogens is 1. The summed E-state index contributed by atoms with van der Waals surface area (Å²) in [5.74, 6) is 2.02. The molecule has 1 N–H and O–H groups in total. The van der Waals surface area contributed by atoms with Gasteiger partial charge in [-0.1, -0.05) is 6.07 Å². The summed E-state index contributed by atoms with van der Waals surface area (Å²) in [6.07, 6.45) is 1.74. The molecule has 0 atom stereocenters. The first-order valence-corrected chi connectivity index (χ1v) is 8.51. The van der Waals surface area contributed by atoms with Crippen molar-refractivity contribution in [1.82, 2.24) is 19.9 Å². The molecule has 0 aliphatic rings. The minimum absolute atomic E-state index is 0.0394. The molecule has 4 aromatic rings. The first kappa shape index (κ1) is 16.8. The summed E-state index contributed by atoms with van der Waals surface area (Å²) in [7, 11) is 3.46. The Balaban J connectivity index is 1.56. The molecule has 0 aliphatic carbocycles. The van der Waals surface area contributed by atoms with Crippen molar-refractivity contribution in [1.29, 1.82) is 0 Å². The average molecular weight is 358 g/mol. The van der Waals surface area contributed by atoms with Crippen LogP contribution in [0, 0.1) is 0 Å². The second-order valence-corrected chi connectivity index (χ2v) is 6.31. The van der Waals surface area contributed by atoms with Gasteiger partial charge in [0.25, 0.3) is 5.91 Å². The number of benzene rings is 2. The number of nitrogens with one attached hydrogen (secondary N) is 1. The molecule has 0 fully saturated rings. The number of carbonyl (C=O) groups is 1. The Morgan fingerprint density at radius 2 is 1.78 bits per heavy atom. The van der Waals surface area contributed by atoms with Crippen LogP contribution in [0.25, 0.3) is 22.6 Å². The third-order valence-electron chi connectivity index (χ3n) is 4.10. The highest BCUT2D eigenvalue weighted by Crippen LogP contribution is 2.26. The molecule has 0 aliphatic heterocycles. The third kappa shape index (κ3) is 3.50. The highest BCUT2D eigenvalue weighted by Gasteiger charge is 2.09. The maximum absolute atomic E-state index is 11.9. The van der Waals surface area contributed by atoms with Gasteiger partial charge in [-0.3, -0.25) is 9.78 Å². The Hall–Kier alpha value is -3.67. The van der Waals surface area contributed by atoms with Crippen LogP contribution in [-0.2, 0) is 0 Å². The molecule has 0 radical (unpaired) electrons. The van der Waals surface area contributed by atoms with Crippen molar-refractivity contribution >= 4 is 16.9 Å². The van der Waals surface area contributed by atoms with Crippen molar-refractivity contribution in [3.8, 4) is 23.0 Å². The van der Waals surface area contributed by atoms with E-state index in [-0.39, 0.29) is 5.91 Å². The Kier molecular flexibility index (Phi) is 4.30. The smallest absolute Gasteiger partial charge is 0.253 e. The van der Waals surface area contributed by atoms with Gasteiger partial charge in [0.15, 0.2) is 5.82 Å². The monoisotopic (exact) mass is 358 g/mol. The number of rotatable bonds is 4. The largest absolute Gasteiger partial charge is 0.457 e. The topological polar surface area (TPSA) is 71.1 Å². The number of carbonyl (C=O) groups excluding carboxylic acids is 1. The molecule has 0 unspecified atom stereocenters. The summed E-state index contributed by atoms with van der Waals surface area (Å²) in [5.41, 5.74) is 3.12. The molecule has 134 valence electrons. The maximum Gasteiger partial charge on any atom is 0.253 e. The first-order valence-electron chi connectivity index (χ1n) is 8.51. The predicted molar refractivity (Wildman–Crippen MR) is 104 cm³/mol. The number of hydrogen-bond acceptors (Lipinski definition) is 4. The summed E-state index contributed by atoms with van der Waals surface area (Å²) >= 11 is 0. The van der Waals surface area contributed by atoms with E-state index in [9.17, 15) is 4.79 Å². The minimum atomic E-state index is -0.0394. The van der Waals surface area contributed by atoms with Gasteiger partial charge < -0.3 is 14.6 Å². The molecule has 0 saturated heterocycles. The van der Waals surface area contributed by atoms with Crippen LogP contribution in [0.3, 0.4) is 0 Å². The Bertz CT molecular complexity index is 1090. The lowest BCUT2D eigenvalue weighted by Crippen LogP contribution is -2.21. The van der Waals surface area contributed by atoms with Crippen molar-refractivity contribution in [3.63, 3.8) is 0 Å². The summed E-state index contributed by atoms with van der Waals surface area (Å²) in [6.45, 7) is 0. The van der Waals surface area contributed by atoms with Crippen molar-refractivity contribution in [3.05, 3.63) is 72.4 Å². The van der Waals surface area contributed by atoms with E-state index >= 15 is 0 Å². The lowest BCUT2D eigenvalue weighted by molar-refractivity contribution is 0.0827. The second-order valence-electron chi connectivity index (χ2n) is 6.31. The lowest BCUT2D eigenvalue weighted by atomic mass is 10.2. The molecule has 6 nitrogen and oxygen atoms in total. The van der Waals surface area contributed by atoms with Crippen LogP contribution in [0.5, 0.6) is 11.5 Å². The Morgan fingerprint density at radius 3 is 2.48 bits per heavy atom. The fraction of sp³-hybridized carbons (Fsp3) is 0.0952. The number of aromatic amines is 1. The number of pyridine rings is 1. The molecule has 0 bridgehead atoms. The van der Waals surface area contributed by atoms with Crippen LogP contribution in [0.2, 0.25) is 0 Å². The molecule has 0 spiro atoms. The number of imidazole rings is 1. The van der Waals surface area contributed by atoms with E-state index in [0.29, 0.717) is 22.9 Å². The van der Waals surface area contributed by atoms with Crippen LogP contribution in [-0.4, -0.2) is 39.9 Å². The predicted octanol–water partition coefficient (Wildman–Crippen LogP) is 4.12. The Morgan fingerprint density at radius 1 is 1.00 bits per heavy atom. The van der Waals surface area contributed by atoms with E-state index in [1.54, 1.807) is 49.5 Å². The van der Waals surface area contributed by atoms with Gasteiger partial charge in [0.1, 0.15) is 17.2 Å². The van der Waals surface area contributed by atoms with E-state index in [2.05, 4.69) is 15.0 Å². The quantitative estimate of drug-likeness (QED) is 0.596. The number of hydrogen-bond donors (Lipinski definition) is 1. The average Bonchev–Trinajstić information content (AvgIpc) is 3.12.